The zero-order valence-corrected chi connectivity index (χ0v) is 11.4. The summed E-state index contributed by atoms with van der Waals surface area (Å²) < 4.78 is 0. The Bertz CT molecular complexity index is 240. The van der Waals surface area contributed by atoms with Gasteiger partial charge in [0, 0.05) is 5.69 Å². The van der Waals surface area contributed by atoms with Crippen LogP contribution in [0.15, 0.2) is 18.2 Å². The fraction of sp³-hybridized carbons (Fsp3) is 0.500. The number of benzene rings is 1. The highest BCUT2D eigenvalue weighted by molar-refractivity contribution is 5.44. The molecule has 1 rings (SSSR count). The number of aryl methyl sites for hydroxylation is 2. The molecule has 0 heterocycles. The SMILES string of the molecule is CC(C)C.CC=O.Cc1cc(C)cc(N)c1. The lowest BCUT2D eigenvalue weighted by Gasteiger charge is -1.97. The predicted octanol–water partition coefficient (Wildman–Crippen LogP) is 3.75. The Hall–Kier alpha value is -1.31. The molecule has 0 aliphatic rings. The van der Waals surface area contributed by atoms with Gasteiger partial charge in [-0.1, -0.05) is 26.8 Å². The summed E-state index contributed by atoms with van der Waals surface area (Å²) in [5.74, 6) is 0.833. The van der Waals surface area contributed by atoms with E-state index in [1.807, 2.05) is 26.0 Å². The third-order valence-corrected chi connectivity index (χ3v) is 1.24. The quantitative estimate of drug-likeness (QED) is 0.537. The van der Waals surface area contributed by atoms with Gasteiger partial charge in [0.15, 0.2) is 0 Å². The second-order valence-electron chi connectivity index (χ2n) is 4.39. The van der Waals surface area contributed by atoms with Crippen molar-refractivity contribution in [1.29, 1.82) is 0 Å². The molecule has 0 aliphatic heterocycles. The summed E-state index contributed by atoms with van der Waals surface area (Å²) in [5.41, 5.74) is 8.87. The first-order valence-corrected chi connectivity index (χ1v) is 5.57. The highest BCUT2D eigenvalue weighted by Crippen LogP contribution is 2.08. The third-order valence-electron chi connectivity index (χ3n) is 1.24. The molecule has 0 unspecified atom stereocenters. The van der Waals surface area contributed by atoms with Gasteiger partial charge in [-0.15, -0.1) is 0 Å². The van der Waals surface area contributed by atoms with Gasteiger partial charge in [-0.2, -0.15) is 0 Å². The van der Waals surface area contributed by atoms with Gasteiger partial charge in [0.05, 0.1) is 0 Å². The van der Waals surface area contributed by atoms with Crippen LogP contribution in [0.3, 0.4) is 0 Å². The fourth-order valence-electron chi connectivity index (χ4n) is 1.01. The number of aldehydes is 1. The Morgan fingerprint density at radius 1 is 1.06 bits per heavy atom. The Labute approximate surface area is 99.9 Å². The van der Waals surface area contributed by atoms with Crippen molar-refractivity contribution >= 4 is 12.0 Å². The number of nitrogen functional groups attached to an aromatic ring is 1. The number of rotatable bonds is 0. The van der Waals surface area contributed by atoms with E-state index in [1.54, 1.807) is 0 Å². The molecule has 0 amide bonds. The zero-order chi connectivity index (χ0) is 13.1. The molecule has 0 radical (unpaired) electrons. The number of hydrogen-bond donors (Lipinski definition) is 1. The lowest BCUT2D eigenvalue weighted by atomic mass is 10.1. The van der Waals surface area contributed by atoms with Crippen molar-refractivity contribution in [3.63, 3.8) is 0 Å². The van der Waals surface area contributed by atoms with Crippen LogP contribution in [0.5, 0.6) is 0 Å². The molecule has 0 aromatic heterocycles. The minimum atomic E-state index is 0.750. The standard InChI is InChI=1S/C8H11N.C4H10.C2H4O/c1-6-3-7(2)5-8(9)4-6;1-4(2)3;1-2-3/h3-5H,9H2,1-2H3;4H,1-3H3;2H,1H3. The van der Waals surface area contributed by atoms with Crippen molar-refractivity contribution in [3.8, 4) is 0 Å². The number of carbonyl (C=O) groups excluding carboxylic acids is 1. The van der Waals surface area contributed by atoms with Crippen LogP contribution >= 0.6 is 0 Å². The van der Waals surface area contributed by atoms with Crippen molar-refractivity contribution in [3.05, 3.63) is 29.3 Å². The number of hydrogen-bond acceptors (Lipinski definition) is 2. The van der Waals surface area contributed by atoms with E-state index in [2.05, 4.69) is 26.8 Å². The van der Waals surface area contributed by atoms with Gasteiger partial charge in [-0.25, -0.2) is 0 Å². The maximum absolute atomic E-state index is 8.81. The minimum Gasteiger partial charge on any atom is -0.399 e. The molecule has 0 saturated heterocycles. The van der Waals surface area contributed by atoms with Crippen LogP contribution in [0.25, 0.3) is 0 Å². The summed E-state index contributed by atoms with van der Waals surface area (Å²) in [6.07, 6.45) is 0.750. The maximum Gasteiger partial charge on any atom is 0.116 e. The Balaban J connectivity index is 0. The first kappa shape index (κ1) is 17.1. The average molecular weight is 223 g/mol. The van der Waals surface area contributed by atoms with Crippen molar-refractivity contribution in [2.24, 2.45) is 5.92 Å². The van der Waals surface area contributed by atoms with Crippen molar-refractivity contribution in [1.82, 2.24) is 0 Å². The monoisotopic (exact) mass is 223 g/mol. The molecule has 1 aromatic rings. The van der Waals surface area contributed by atoms with Crippen LogP contribution in [-0.2, 0) is 4.79 Å². The van der Waals surface area contributed by atoms with Crippen molar-refractivity contribution in [2.45, 2.75) is 41.5 Å². The molecule has 2 N–H and O–H groups in total. The number of carbonyl (C=O) groups is 1. The van der Waals surface area contributed by atoms with Crippen LogP contribution < -0.4 is 5.73 Å². The lowest BCUT2D eigenvalue weighted by molar-refractivity contribution is -0.106. The molecule has 0 spiro atoms. The van der Waals surface area contributed by atoms with E-state index in [4.69, 9.17) is 10.5 Å². The average Bonchev–Trinajstić information content (AvgIpc) is 2.00. The third kappa shape index (κ3) is 15.2. The molecular formula is C14H25NO. The topological polar surface area (TPSA) is 43.1 Å². The molecule has 0 atom stereocenters. The van der Waals surface area contributed by atoms with E-state index in [0.29, 0.717) is 0 Å². The summed E-state index contributed by atoms with van der Waals surface area (Å²) in [6, 6.07) is 6.04. The summed E-state index contributed by atoms with van der Waals surface area (Å²) in [4.78, 5) is 8.81. The molecule has 2 heteroatoms. The molecule has 0 fully saturated rings. The maximum atomic E-state index is 8.81. The first-order valence-electron chi connectivity index (χ1n) is 5.57. The molecule has 0 saturated carbocycles. The molecule has 92 valence electrons. The Kier molecular flexibility index (Phi) is 10.9. The normalized spacial score (nSPS) is 8.44. The summed E-state index contributed by atoms with van der Waals surface area (Å²) in [6.45, 7) is 12.0. The molecule has 1 aromatic carbocycles. The van der Waals surface area contributed by atoms with Crippen LogP contribution in [0.1, 0.15) is 38.8 Å². The van der Waals surface area contributed by atoms with Gasteiger partial charge in [0.1, 0.15) is 6.29 Å². The largest absolute Gasteiger partial charge is 0.399 e. The minimum absolute atomic E-state index is 0.750. The van der Waals surface area contributed by atoms with Gasteiger partial charge in [-0.3, -0.25) is 0 Å². The highest BCUT2D eigenvalue weighted by atomic mass is 16.1. The summed E-state index contributed by atoms with van der Waals surface area (Å²) in [7, 11) is 0. The molecule has 0 bridgehead atoms. The van der Waals surface area contributed by atoms with E-state index >= 15 is 0 Å². The van der Waals surface area contributed by atoms with Crippen LogP contribution in [0.2, 0.25) is 0 Å². The lowest BCUT2D eigenvalue weighted by Crippen LogP contribution is -1.86. The number of anilines is 1. The van der Waals surface area contributed by atoms with E-state index < -0.39 is 0 Å². The summed E-state index contributed by atoms with van der Waals surface area (Å²) >= 11 is 0. The van der Waals surface area contributed by atoms with Crippen LogP contribution in [0.4, 0.5) is 5.69 Å². The molecule has 0 aliphatic carbocycles. The van der Waals surface area contributed by atoms with Gasteiger partial charge in [0.25, 0.3) is 0 Å². The molecule has 2 nitrogen and oxygen atoms in total. The second kappa shape index (κ2) is 10.2. The first-order chi connectivity index (χ1) is 7.33. The van der Waals surface area contributed by atoms with Gasteiger partial charge in [-0.05, 0) is 49.9 Å². The molecular weight excluding hydrogens is 198 g/mol. The van der Waals surface area contributed by atoms with Crippen molar-refractivity contribution in [2.75, 3.05) is 5.73 Å². The Morgan fingerprint density at radius 2 is 1.31 bits per heavy atom. The summed E-state index contributed by atoms with van der Waals surface area (Å²) in [5, 5.41) is 0. The van der Waals surface area contributed by atoms with Crippen LogP contribution in [-0.4, -0.2) is 6.29 Å². The molecule has 16 heavy (non-hydrogen) atoms. The zero-order valence-electron chi connectivity index (χ0n) is 11.4. The van der Waals surface area contributed by atoms with Gasteiger partial charge in [0.2, 0.25) is 0 Å². The smallest absolute Gasteiger partial charge is 0.116 e. The highest BCUT2D eigenvalue weighted by Gasteiger charge is 1.87. The van der Waals surface area contributed by atoms with Gasteiger partial charge >= 0.3 is 0 Å². The van der Waals surface area contributed by atoms with Crippen molar-refractivity contribution < 1.29 is 4.79 Å². The van der Waals surface area contributed by atoms with E-state index in [0.717, 1.165) is 17.9 Å². The predicted molar refractivity (Wildman–Crippen MR) is 72.6 cm³/mol. The van der Waals surface area contributed by atoms with E-state index in [9.17, 15) is 0 Å². The van der Waals surface area contributed by atoms with E-state index in [-0.39, 0.29) is 0 Å². The van der Waals surface area contributed by atoms with Gasteiger partial charge < -0.3 is 10.5 Å². The number of nitrogens with two attached hydrogens (primary N) is 1. The fourth-order valence-corrected chi connectivity index (χ4v) is 1.01. The second-order valence-corrected chi connectivity index (χ2v) is 4.39. The Morgan fingerprint density at radius 3 is 1.50 bits per heavy atom. The van der Waals surface area contributed by atoms with Crippen LogP contribution in [0, 0.1) is 19.8 Å². The van der Waals surface area contributed by atoms with E-state index in [1.165, 1.54) is 18.1 Å².